The van der Waals surface area contributed by atoms with E-state index in [-0.39, 0.29) is 24.4 Å². The van der Waals surface area contributed by atoms with Gasteiger partial charge in [0.05, 0.1) is 27.3 Å². The van der Waals surface area contributed by atoms with Gasteiger partial charge in [-0.25, -0.2) is 0 Å². The van der Waals surface area contributed by atoms with Crippen LogP contribution in [0, 0.1) is 0 Å². The van der Waals surface area contributed by atoms with Gasteiger partial charge in [0.1, 0.15) is 11.5 Å². The minimum absolute atomic E-state index is 0.00434. The average molecular weight is 350 g/mol. The second-order valence-electron chi connectivity index (χ2n) is 6.55. The Morgan fingerprint density at radius 1 is 1.20 bits per heavy atom. The summed E-state index contributed by atoms with van der Waals surface area (Å²) in [6.07, 6.45) is 2.12. The van der Waals surface area contributed by atoms with E-state index in [1.54, 1.807) is 14.2 Å². The number of rotatable bonds is 9. The lowest BCUT2D eigenvalue weighted by Gasteiger charge is -2.19. The molecule has 2 atom stereocenters. The average Bonchev–Trinajstić information content (AvgIpc) is 3.37. The highest BCUT2D eigenvalue weighted by molar-refractivity contribution is 5.79. The van der Waals surface area contributed by atoms with E-state index < -0.39 is 0 Å². The van der Waals surface area contributed by atoms with Crippen LogP contribution in [0.3, 0.4) is 0 Å². The predicted octanol–water partition coefficient (Wildman–Crippen LogP) is -0.326. The van der Waals surface area contributed by atoms with E-state index in [4.69, 9.17) is 9.47 Å². The molecule has 1 saturated carbocycles. The fraction of sp³-hybridized carbons (Fsp3) is 0.556. The molecule has 3 N–H and O–H groups in total. The molecule has 1 aromatic rings. The van der Waals surface area contributed by atoms with Gasteiger partial charge in [-0.1, -0.05) is 0 Å². The minimum atomic E-state index is -0.231. The minimum Gasteiger partial charge on any atom is -0.497 e. The van der Waals surface area contributed by atoms with Crippen LogP contribution in [0.15, 0.2) is 18.2 Å². The summed E-state index contributed by atoms with van der Waals surface area (Å²) in [6.45, 7) is 2.42. The lowest BCUT2D eigenvalue weighted by molar-refractivity contribution is -0.862. The van der Waals surface area contributed by atoms with E-state index in [1.165, 1.54) is 0 Å². The number of amides is 2. The van der Waals surface area contributed by atoms with Crippen LogP contribution in [0.4, 0.5) is 0 Å². The summed E-state index contributed by atoms with van der Waals surface area (Å²) >= 11 is 0. The number of quaternary nitrogens is 1. The van der Waals surface area contributed by atoms with Gasteiger partial charge in [-0.15, -0.1) is 0 Å². The third-order valence-electron chi connectivity index (χ3n) is 4.15. The Bertz CT molecular complexity index is 616. The number of likely N-dealkylation sites (N-methyl/N-ethyl adjacent to an activating group) is 1. The van der Waals surface area contributed by atoms with Crippen LogP contribution in [0.5, 0.6) is 11.5 Å². The number of hydrogen-bond donors (Lipinski definition) is 3. The van der Waals surface area contributed by atoms with E-state index in [1.807, 2.05) is 32.2 Å². The second kappa shape index (κ2) is 8.71. The van der Waals surface area contributed by atoms with E-state index >= 15 is 0 Å². The van der Waals surface area contributed by atoms with Crippen molar-refractivity contribution in [1.29, 1.82) is 0 Å². The van der Waals surface area contributed by atoms with Crippen LogP contribution >= 0.6 is 0 Å². The first-order valence-corrected chi connectivity index (χ1v) is 8.55. The van der Waals surface area contributed by atoms with Gasteiger partial charge < -0.3 is 25.0 Å². The van der Waals surface area contributed by atoms with Crippen molar-refractivity contribution in [3.63, 3.8) is 0 Å². The fourth-order valence-electron chi connectivity index (χ4n) is 2.67. The molecule has 1 unspecified atom stereocenters. The fourth-order valence-corrected chi connectivity index (χ4v) is 2.67. The summed E-state index contributed by atoms with van der Waals surface area (Å²) in [5, 5.41) is 5.88. The van der Waals surface area contributed by atoms with E-state index in [9.17, 15) is 9.59 Å². The number of nitrogens with one attached hydrogen (secondary N) is 3. The molecule has 0 spiro atoms. The molecule has 0 saturated heterocycles. The summed E-state index contributed by atoms with van der Waals surface area (Å²) < 4.78 is 10.6. The highest BCUT2D eigenvalue weighted by Gasteiger charge is 2.25. The molecule has 0 radical (unpaired) electrons. The van der Waals surface area contributed by atoms with Gasteiger partial charge >= 0.3 is 0 Å². The summed E-state index contributed by atoms with van der Waals surface area (Å²) in [4.78, 5) is 24.9. The molecule has 0 aromatic heterocycles. The molecule has 1 fully saturated rings. The summed E-state index contributed by atoms with van der Waals surface area (Å²) in [7, 11) is 5.03. The van der Waals surface area contributed by atoms with Crippen LogP contribution in [-0.2, 0) is 9.59 Å². The molecule has 1 aliphatic carbocycles. The van der Waals surface area contributed by atoms with Gasteiger partial charge in [0.2, 0.25) is 0 Å². The molecule has 1 aromatic carbocycles. The Morgan fingerprint density at radius 3 is 2.48 bits per heavy atom. The smallest absolute Gasteiger partial charge is 0.275 e. The summed E-state index contributed by atoms with van der Waals surface area (Å²) in [5.41, 5.74) is 0.847. The maximum absolute atomic E-state index is 12.3. The van der Waals surface area contributed by atoms with Crippen molar-refractivity contribution in [2.24, 2.45) is 0 Å². The third-order valence-corrected chi connectivity index (χ3v) is 4.15. The van der Waals surface area contributed by atoms with Crippen LogP contribution in [0.2, 0.25) is 0 Å². The Hall–Kier alpha value is -2.28. The van der Waals surface area contributed by atoms with Gasteiger partial charge in [0.15, 0.2) is 13.1 Å². The summed E-state index contributed by atoms with van der Waals surface area (Å²) in [5.74, 6) is 1.28. The Kier molecular flexibility index (Phi) is 6.64. The number of benzene rings is 1. The standard InChI is InChI=1S/C18H27N3O4/c1-12(15-9-14(24-3)7-8-16(15)25-4)19-17(22)10-21(2)11-18(23)20-13-5-6-13/h7-9,12-13H,5-6,10-11H2,1-4H3,(H,19,22)(H,20,23)/p+1/t12-/m1/s1. The van der Waals surface area contributed by atoms with Crippen molar-refractivity contribution in [3.8, 4) is 11.5 Å². The first kappa shape index (κ1) is 19.1. The summed E-state index contributed by atoms with van der Waals surface area (Å²) in [6, 6.07) is 5.59. The van der Waals surface area contributed by atoms with Crippen LogP contribution in [-0.4, -0.2) is 52.2 Å². The van der Waals surface area contributed by atoms with Crippen LogP contribution < -0.4 is 25.0 Å². The van der Waals surface area contributed by atoms with Crippen molar-refractivity contribution >= 4 is 11.8 Å². The van der Waals surface area contributed by atoms with E-state index in [0.29, 0.717) is 24.1 Å². The number of ether oxygens (including phenoxy) is 2. The van der Waals surface area contributed by atoms with Gasteiger partial charge in [-0.2, -0.15) is 0 Å². The quantitative estimate of drug-likeness (QED) is 0.570. The molecule has 0 aliphatic heterocycles. The topological polar surface area (TPSA) is 81.1 Å². The Morgan fingerprint density at radius 2 is 1.88 bits per heavy atom. The van der Waals surface area contributed by atoms with Gasteiger partial charge in [-0.3, -0.25) is 9.59 Å². The van der Waals surface area contributed by atoms with Crippen molar-refractivity contribution in [3.05, 3.63) is 23.8 Å². The molecular weight excluding hydrogens is 322 g/mol. The Labute approximate surface area is 148 Å². The normalized spacial score (nSPS) is 15.8. The molecule has 7 nitrogen and oxygen atoms in total. The molecule has 2 amide bonds. The van der Waals surface area contributed by atoms with Crippen LogP contribution in [0.25, 0.3) is 0 Å². The first-order valence-electron chi connectivity index (χ1n) is 8.55. The molecule has 2 rings (SSSR count). The lowest BCUT2D eigenvalue weighted by atomic mass is 10.1. The molecular formula is C18H28N3O4+. The number of carbonyl (C=O) groups excluding carboxylic acids is 2. The first-order chi connectivity index (χ1) is 11.9. The number of carbonyl (C=O) groups is 2. The number of hydrogen-bond acceptors (Lipinski definition) is 4. The monoisotopic (exact) mass is 350 g/mol. The van der Waals surface area contributed by atoms with Crippen LogP contribution in [0.1, 0.15) is 31.4 Å². The van der Waals surface area contributed by atoms with Crippen molar-refractivity contribution in [1.82, 2.24) is 10.6 Å². The van der Waals surface area contributed by atoms with E-state index in [2.05, 4.69) is 10.6 Å². The zero-order chi connectivity index (χ0) is 18.4. The van der Waals surface area contributed by atoms with Gasteiger partial charge in [-0.05, 0) is 38.0 Å². The SMILES string of the molecule is COc1ccc(OC)c([C@@H](C)NC(=O)C[NH+](C)CC(=O)NC2CC2)c1. The maximum atomic E-state index is 12.3. The Balaban J connectivity index is 1.87. The molecule has 1 aliphatic rings. The predicted molar refractivity (Wildman–Crippen MR) is 93.9 cm³/mol. The highest BCUT2D eigenvalue weighted by atomic mass is 16.5. The zero-order valence-electron chi connectivity index (χ0n) is 15.3. The molecule has 0 heterocycles. The number of methoxy groups -OCH3 is 2. The molecule has 7 heteroatoms. The van der Waals surface area contributed by atoms with Crippen molar-refractivity contribution in [2.45, 2.75) is 31.8 Å². The van der Waals surface area contributed by atoms with E-state index in [0.717, 1.165) is 23.3 Å². The largest absolute Gasteiger partial charge is 0.497 e. The zero-order valence-corrected chi connectivity index (χ0v) is 15.3. The maximum Gasteiger partial charge on any atom is 0.275 e. The van der Waals surface area contributed by atoms with Crippen molar-refractivity contribution in [2.75, 3.05) is 34.4 Å². The molecule has 25 heavy (non-hydrogen) atoms. The highest BCUT2D eigenvalue weighted by Crippen LogP contribution is 2.29. The molecule has 138 valence electrons. The molecule has 0 bridgehead atoms. The lowest BCUT2D eigenvalue weighted by Crippen LogP contribution is -3.11. The van der Waals surface area contributed by atoms with Gasteiger partial charge in [0.25, 0.3) is 11.8 Å². The second-order valence-corrected chi connectivity index (χ2v) is 6.55. The third kappa shape index (κ3) is 5.94. The van der Waals surface area contributed by atoms with Crippen molar-refractivity contribution < 1.29 is 24.0 Å². The van der Waals surface area contributed by atoms with Gasteiger partial charge in [0, 0.05) is 11.6 Å².